The number of nitrogens with one attached hydrogen (secondary N) is 1. The third-order valence-corrected chi connectivity index (χ3v) is 3.91. The Morgan fingerprint density at radius 3 is 2.44 bits per heavy atom. The predicted octanol–water partition coefficient (Wildman–Crippen LogP) is 4.26. The second kappa shape index (κ2) is 6.38. The van der Waals surface area contributed by atoms with Crippen LogP contribution in [0.2, 0.25) is 0 Å². The standard InChI is InChI=1S/C17H29N/c1-7-17(6,12-18-13(2)3)11-16-10-14(4)8-9-15(16)5/h8-10,13,18H,7,11-12H2,1-6H3. The van der Waals surface area contributed by atoms with E-state index < -0.39 is 0 Å². The minimum Gasteiger partial charge on any atom is -0.314 e. The highest BCUT2D eigenvalue weighted by Gasteiger charge is 2.23. The van der Waals surface area contributed by atoms with E-state index in [0.29, 0.717) is 11.5 Å². The summed E-state index contributed by atoms with van der Waals surface area (Å²) in [5.74, 6) is 0. The van der Waals surface area contributed by atoms with Crippen molar-refractivity contribution in [3.05, 3.63) is 34.9 Å². The summed E-state index contributed by atoms with van der Waals surface area (Å²) in [4.78, 5) is 0. The molecule has 0 saturated carbocycles. The van der Waals surface area contributed by atoms with Gasteiger partial charge in [0, 0.05) is 12.6 Å². The highest BCUT2D eigenvalue weighted by molar-refractivity contribution is 5.31. The molecule has 0 aliphatic rings. The first-order valence-corrected chi connectivity index (χ1v) is 7.16. The van der Waals surface area contributed by atoms with E-state index in [1.54, 1.807) is 0 Å². The van der Waals surface area contributed by atoms with Gasteiger partial charge in [0.25, 0.3) is 0 Å². The van der Waals surface area contributed by atoms with Crippen molar-refractivity contribution in [2.75, 3.05) is 6.54 Å². The zero-order chi connectivity index (χ0) is 13.8. The van der Waals surface area contributed by atoms with E-state index in [1.807, 2.05) is 0 Å². The van der Waals surface area contributed by atoms with Gasteiger partial charge in [-0.3, -0.25) is 0 Å². The molecule has 0 amide bonds. The summed E-state index contributed by atoms with van der Waals surface area (Å²) >= 11 is 0. The van der Waals surface area contributed by atoms with Crippen molar-refractivity contribution in [3.8, 4) is 0 Å². The lowest BCUT2D eigenvalue weighted by Crippen LogP contribution is -2.36. The molecule has 1 nitrogen and oxygen atoms in total. The smallest absolute Gasteiger partial charge is 0.00106 e. The maximum atomic E-state index is 3.59. The van der Waals surface area contributed by atoms with Crippen LogP contribution in [0.15, 0.2) is 18.2 Å². The van der Waals surface area contributed by atoms with Crippen LogP contribution in [-0.4, -0.2) is 12.6 Å². The SMILES string of the molecule is CCC(C)(CNC(C)C)Cc1cc(C)ccc1C. The van der Waals surface area contributed by atoms with Gasteiger partial charge >= 0.3 is 0 Å². The van der Waals surface area contributed by atoms with Crippen LogP contribution in [-0.2, 0) is 6.42 Å². The highest BCUT2D eigenvalue weighted by Crippen LogP contribution is 2.27. The number of rotatable bonds is 6. The molecule has 1 aromatic carbocycles. The fraction of sp³-hybridized carbons (Fsp3) is 0.647. The lowest BCUT2D eigenvalue weighted by Gasteiger charge is -2.30. The van der Waals surface area contributed by atoms with E-state index in [4.69, 9.17) is 0 Å². The normalized spacial score (nSPS) is 14.8. The molecular weight excluding hydrogens is 218 g/mol. The van der Waals surface area contributed by atoms with Gasteiger partial charge in [-0.2, -0.15) is 0 Å². The van der Waals surface area contributed by atoms with Gasteiger partial charge in [0.15, 0.2) is 0 Å². The molecule has 102 valence electrons. The fourth-order valence-corrected chi connectivity index (χ4v) is 2.21. The van der Waals surface area contributed by atoms with Crippen LogP contribution < -0.4 is 5.32 Å². The van der Waals surface area contributed by atoms with Gasteiger partial charge in [-0.15, -0.1) is 0 Å². The van der Waals surface area contributed by atoms with E-state index in [9.17, 15) is 0 Å². The number of hydrogen-bond donors (Lipinski definition) is 1. The van der Waals surface area contributed by atoms with E-state index in [2.05, 4.69) is 65.1 Å². The van der Waals surface area contributed by atoms with Gasteiger partial charge in [-0.05, 0) is 43.2 Å². The van der Waals surface area contributed by atoms with Crippen molar-refractivity contribution in [1.82, 2.24) is 5.32 Å². The van der Waals surface area contributed by atoms with E-state index in [-0.39, 0.29) is 0 Å². The number of aryl methyl sites for hydroxylation is 2. The molecule has 18 heavy (non-hydrogen) atoms. The summed E-state index contributed by atoms with van der Waals surface area (Å²) in [5.41, 5.74) is 4.64. The summed E-state index contributed by atoms with van der Waals surface area (Å²) in [6.45, 7) is 14.6. The average Bonchev–Trinajstić information content (AvgIpc) is 2.31. The quantitative estimate of drug-likeness (QED) is 0.792. The molecule has 0 heterocycles. The zero-order valence-corrected chi connectivity index (χ0v) is 12.9. The van der Waals surface area contributed by atoms with Gasteiger partial charge < -0.3 is 5.32 Å². The molecule has 1 N–H and O–H groups in total. The van der Waals surface area contributed by atoms with Gasteiger partial charge in [0.1, 0.15) is 0 Å². The topological polar surface area (TPSA) is 12.0 Å². The summed E-state index contributed by atoms with van der Waals surface area (Å²) in [5, 5.41) is 3.59. The Labute approximate surface area is 113 Å². The first-order chi connectivity index (χ1) is 8.36. The molecule has 1 unspecified atom stereocenters. The van der Waals surface area contributed by atoms with Crippen LogP contribution in [0, 0.1) is 19.3 Å². The molecule has 0 radical (unpaired) electrons. The highest BCUT2D eigenvalue weighted by atomic mass is 14.9. The molecule has 0 aromatic heterocycles. The fourth-order valence-electron chi connectivity index (χ4n) is 2.21. The molecule has 0 spiro atoms. The Morgan fingerprint density at radius 2 is 1.89 bits per heavy atom. The monoisotopic (exact) mass is 247 g/mol. The van der Waals surface area contributed by atoms with Crippen LogP contribution in [0.5, 0.6) is 0 Å². The Bertz CT molecular complexity index is 381. The second-order valence-corrected chi connectivity index (χ2v) is 6.31. The van der Waals surface area contributed by atoms with Crippen LogP contribution in [0.1, 0.15) is 50.8 Å². The third-order valence-electron chi connectivity index (χ3n) is 3.91. The number of benzene rings is 1. The van der Waals surface area contributed by atoms with E-state index in [0.717, 1.165) is 13.0 Å². The average molecular weight is 247 g/mol. The molecule has 1 atom stereocenters. The largest absolute Gasteiger partial charge is 0.314 e. The molecule has 1 rings (SSSR count). The van der Waals surface area contributed by atoms with E-state index in [1.165, 1.54) is 23.1 Å². The molecule has 1 aromatic rings. The molecular formula is C17H29N. The lowest BCUT2D eigenvalue weighted by atomic mass is 9.79. The van der Waals surface area contributed by atoms with Crippen molar-refractivity contribution in [1.29, 1.82) is 0 Å². The predicted molar refractivity (Wildman–Crippen MR) is 81.2 cm³/mol. The molecule has 0 fully saturated rings. The van der Waals surface area contributed by atoms with Gasteiger partial charge in [0.2, 0.25) is 0 Å². The van der Waals surface area contributed by atoms with E-state index >= 15 is 0 Å². The summed E-state index contributed by atoms with van der Waals surface area (Å²) in [7, 11) is 0. The molecule has 0 bridgehead atoms. The molecule has 0 aliphatic heterocycles. The minimum atomic E-state index is 0.350. The van der Waals surface area contributed by atoms with Crippen molar-refractivity contribution in [3.63, 3.8) is 0 Å². The van der Waals surface area contributed by atoms with Crippen molar-refractivity contribution in [2.45, 2.75) is 60.4 Å². The maximum Gasteiger partial charge on any atom is 0.00106 e. The summed E-state index contributed by atoms with van der Waals surface area (Å²) < 4.78 is 0. The minimum absolute atomic E-state index is 0.350. The van der Waals surface area contributed by atoms with Crippen LogP contribution in [0.4, 0.5) is 0 Å². The van der Waals surface area contributed by atoms with Crippen LogP contribution in [0.3, 0.4) is 0 Å². The molecule has 1 heteroatoms. The van der Waals surface area contributed by atoms with Crippen molar-refractivity contribution in [2.24, 2.45) is 5.41 Å². The second-order valence-electron chi connectivity index (χ2n) is 6.31. The first kappa shape index (κ1) is 15.2. The third kappa shape index (κ3) is 4.45. The molecule has 0 saturated heterocycles. The Hall–Kier alpha value is -0.820. The summed E-state index contributed by atoms with van der Waals surface area (Å²) in [6, 6.07) is 7.36. The summed E-state index contributed by atoms with van der Waals surface area (Å²) in [6.07, 6.45) is 2.37. The zero-order valence-electron chi connectivity index (χ0n) is 12.9. The van der Waals surface area contributed by atoms with Gasteiger partial charge in [-0.1, -0.05) is 51.5 Å². The van der Waals surface area contributed by atoms with Crippen LogP contribution >= 0.6 is 0 Å². The van der Waals surface area contributed by atoms with Gasteiger partial charge in [-0.25, -0.2) is 0 Å². The first-order valence-electron chi connectivity index (χ1n) is 7.16. The Kier molecular flexibility index (Phi) is 5.40. The number of hydrogen-bond acceptors (Lipinski definition) is 1. The van der Waals surface area contributed by atoms with Gasteiger partial charge in [0.05, 0.1) is 0 Å². The van der Waals surface area contributed by atoms with Crippen LogP contribution in [0.25, 0.3) is 0 Å². The maximum absolute atomic E-state index is 3.59. The lowest BCUT2D eigenvalue weighted by molar-refractivity contribution is 0.280. The Balaban J connectivity index is 2.80. The molecule has 0 aliphatic carbocycles. The Morgan fingerprint density at radius 1 is 1.22 bits per heavy atom. The van der Waals surface area contributed by atoms with Crippen molar-refractivity contribution < 1.29 is 0 Å². The van der Waals surface area contributed by atoms with Crippen molar-refractivity contribution >= 4 is 0 Å².